The molecule has 0 fully saturated rings. The topological polar surface area (TPSA) is 66.9 Å². The van der Waals surface area contributed by atoms with Gasteiger partial charge in [-0.15, -0.1) is 10.2 Å². The highest BCUT2D eigenvalue weighted by Gasteiger charge is 2.09. The molecule has 1 heterocycles. The summed E-state index contributed by atoms with van der Waals surface area (Å²) in [6.45, 7) is 6.02. The lowest BCUT2D eigenvalue weighted by Gasteiger charge is -2.08. The van der Waals surface area contributed by atoms with Crippen molar-refractivity contribution < 1.29 is 4.79 Å². The van der Waals surface area contributed by atoms with Gasteiger partial charge >= 0.3 is 0 Å². The van der Waals surface area contributed by atoms with E-state index < -0.39 is 0 Å². The first-order valence-electron chi connectivity index (χ1n) is 8.07. The van der Waals surface area contributed by atoms with Gasteiger partial charge in [0.05, 0.1) is 0 Å². The average Bonchev–Trinajstić information content (AvgIpc) is 2.56. The molecule has 0 spiro atoms. The van der Waals surface area contributed by atoms with Crippen molar-refractivity contribution in [3.05, 3.63) is 77.0 Å². The maximum atomic E-state index is 12.3. The Balaban J connectivity index is 1.68. The fourth-order valence-electron chi connectivity index (χ4n) is 2.55. The van der Waals surface area contributed by atoms with Crippen LogP contribution in [0.2, 0.25) is 0 Å². The number of carbonyl (C=O) groups is 1. The van der Waals surface area contributed by atoms with E-state index in [0.717, 1.165) is 22.5 Å². The normalized spacial score (nSPS) is 10.4. The number of nitrogens with one attached hydrogen (secondary N) is 2. The van der Waals surface area contributed by atoms with Crippen molar-refractivity contribution in [1.82, 2.24) is 10.2 Å². The standard InChI is InChI=1S/C20H20N4O/c1-13-4-6-16(7-5-13)21-19-9-8-18(23-24-19)20(25)22-17-11-14(2)10-15(3)12-17/h4-12H,1-3H3,(H,21,24)(H,22,25). The predicted molar refractivity (Wildman–Crippen MR) is 100 cm³/mol. The van der Waals surface area contributed by atoms with Gasteiger partial charge in [-0.1, -0.05) is 23.8 Å². The third kappa shape index (κ3) is 4.41. The zero-order valence-electron chi connectivity index (χ0n) is 14.5. The van der Waals surface area contributed by atoms with Gasteiger partial charge in [0.1, 0.15) is 0 Å². The van der Waals surface area contributed by atoms with E-state index in [1.165, 1.54) is 5.56 Å². The van der Waals surface area contributed by atoms with Crippen LogP contribution in [0.15, 0.2) is 54.6 Å². The number of hydrogen-bond donors (Lipinski definition) is 2. The van der Waals surface area contributed by atoms with E-state index >= 15 is 0 Å². The molecule has 3 rings (SSSR count). The number of hydrogen-bond acceptors (Lipinski definition) is 4. The van der Waals surface area contributed by atoms with Gasteiger partial charge in [0.2, 0.25) is 0 Å². The summed E-state index contributed by atoms with van der Waals surface area (Å²) < 4.78 is 0. The molecule has 3 aromatic rings. The summed E-state index contributed by atoms with van der Waals surface area (Å²) in [5.41, 5.74) is 5.33. The van der Waals surface area contributed by atoms with Gasteiger partial charge in [0.15, 0.2) is 11.5 Å². The quantitative estimate of drug-likeness (QED) is 0.743. The zero-order valence-corrected chi connectivity index (χ0v) is 14.5. The minimum atomic E-state index is -0.278. The van der Waals surface area contributed by atoms with Crippen molar-refractivity contribution >= 4 is 23.1 Å². The highest BCUT2D eigenvalue weighted by atomic mass is 16.1. The fourth-order valence-corrected chi connectivity index (χ4v) is 2.55. The number of aryl methyl sites for hydroxylation is 3. The van der Waals surface area contributed by atoms with E-state index in [1.807, 2.05) is 57.2 Å². The van der Waals surface area contributed by atoms with Crippen molar-refractivity contribution in [2.45, 2.75) is 20.8 Å². The third-order valence-electron chi connectivity index (χ3n) is 3.70. The van der Waals surface area contributed by atoms with Crippen LogP contribution in [0.4, 0.5) is 17.2 Å². The molecule has 0 aliphatic carbocycles. The van der Waals surface area contributed by atoms with Crippen LogP contribution < -0.4 is 10.6 Å². The van der Waals surface area contributed by atoms with Crippen LogP contribution >= 0.6 is 0 Å². The van der Waals surface area contributed by atoms with Crippen molar-refractivity contribution in [3.63, 3.8) is 0 Å². The molecule has 5 nitrogen and oxygen atoms in total. The summed E-state index contributed by atoms with van der Waals surface area (Å²) >= 11 is 0. The predicted octanol–water partition coefficient (Wildman–Crippen LogP) is 4.40. The van der Waals surface area contributed by atoms with E-state index in [-0.39, 0.29) is 11.6 Å². The van der Waals surface area contributed by atoms with E-state index in [4.69, 9.17) is 0 Å². The molecule has 5 heteroatoms. The second-order valence-corrected chi connectivity index (χ2v) is 6.13. The molecule has 0 unspecified atom stereocenters. The SMILES string of the molecule is Cc1ccc(Nc2ccc(C(=O)Nc3cc(C)cc(C)c3)nn2)cc1. The fraction of sp³-hybridized carbons (Fsp3) is 0.150. The molecule has 0 radical (unpaired) electrons. The molecule has 0 aliphatic rings. The lowest BCUT2D eigenvalue weighted by molar-refractivity contribution is 0.102. The monoisotopic (exact) mass is 332 g/mol. The molecule has 0 saturated carbocycles. The maximum absolute atomic E-state index is 12.3. The van der Waals surface area contributed by atoms with E-state index in [9.17, 15) is 4.79 Å². The Kier molecular flexibility index (Phi) is 4.75. The summed E-state index contributed by atoms with van der Waals surface area (Å²) in [7, 11) is 0. The Morgan fingerprint density at radius 1 is 0.760 bits per heavy atom. The van der Waals surface area contributed by atoms with Crippen molar-refractivity contribution in [2.24, 2.45) is 0 Å². The molecule has 0 bridgehead atoms. The lowest BCUT2D eigenvalue weighted by atomic mass is 10.1. The van der Waals surface area contributed by atoms with E-state index in [1.54, 1.807) is 12.1 Å². The smallest absolute Gasteiger partial charge is 0.276 e. The summed E-state index contributed by atoms with van der Waals surface area (Å²) in [4.78, 5) is 12.3. The zero-order chi connectivity index (χ0) is 17.8. The van der Waals surface area contributed by atoms with E-state index in [0.29, 0.717) is 5.82 Å². The van der Waals surface area contributed by atoms with Crippen molar-refractivity contribution in [2.75, 3.05) is 10.6 Å². The van der Waals surface area contributed by atoms with Gasteiger partial charge < -0.3 is 10.6 Å². The molecule has 0 saturated heterocycles. The molecule has 2 N–H and O–H groups in total. The Morgan fingerprint density at radius 3 is 2.04 bits per heavy atom. The number of amides is 1. The molecule has 2 aromatic carbocycles. The second-order valence-electron chi connectivity index (χ2n) is 6.13. The Bertz CT molecular complexity index is 866. The molecule has 1 amide bonds. The maximum Gasteiger partial charge on any atom is 0.276 e. The Morgan fingerprint density at radius 2 is 1.44 bits per heavy atom. The van der Waals surface area contributed by atoms with Crippen LogP contribution in [0.25, 0.3) is 0 Å². The Hall–Kier alpha value is -3.21. The summed E-state index contributed by atoms with van der Waals surface area (Å²) in [5, 5.41) is 14.1. The highest BCUT2D eigenvalue weighted by Crippen LogP contribution is 2.16. The molecule has 1 aromatic heterocycles. The van der Waals surface area contributed by atoms with Crippen LogP contribution in [0.3, 0.4) is 0 Å². The number of aromatic nitrogens is 2. The van der Waals surface area contributed by atoms with Crippen LogP contribution in [-0.2, 0) is 0 Å². The second kappa shape index (κ2) is 7.13. The number of rotatable bonds is 4. The van der Waals surface area contributed by atoms with Gasteiger partial charge in [-0.05, 0) is 68.3 Å². The molecule has 126 valence electrons. The average molecular weight is 332 g/mol. The lowest BCUT2D eigenvalue weighted by Crippen LogP contribution is -2.14. The minimum Gasteiger partial charge on any atom is -0.339 e. The highest BCUT2D eigenvalue weighted by molar-refractivity contribution is 6.02. The number of nitrogens with zero attached hydrogens (tertiary/aromatic N) is 2. The van der Waals surface area contributed by atoms with Crippen LogP contribution in [0.5, 0.6) is 0 Å². The first kappa shape index (κ1) is 16.6. The Labute approximate surface area is 147 Å². The number of benzene rings is 2. The summed E-state index contributed by atoms with van der Waals surface area (Å²) in [6.07, 6.45) is 0. The van der Waals surface area contributed by atoms with E-state index in [2.05, 4.69) is 26.9 Å². The van der Waals surface area contributed by atoms with Crippen molar-refractivity contribution in [1.29, 1.82) is 0 Å². The number of carbonyl (C=O) groups excluding carboxylic acids is 1. The third-order valence-corrected chi connectivity index (χ3v) is 3.70. The minimum absolute atomic E-state index is 0.272. The molecule has 0 atom stereocenters. The molecular formula is C20H20N4O. The van der Waals surface area contributed by atoms with Crippen LogP contribution in [0.1, 0.15) is 27.2 Å². The van der Waals surface area contributed by atoms with Gasteiger partial charge in [0.25, 0.3) is 5.91 Å². The molecular weight excluding hydrogens is 312 g/mol. The first-order valence-corrected chi connectivity index (χ1v) is 8.07. The molecule has 25 heavy (non-hydrogen) atoms. The first-order chi connectivity index (χ1) is 12.0. The summed E-state index contributed by atoms with van der Waals surface area (Å²) in [6, 6.07) is 17.3. The number of anilines is 3. The summed E-state index contributed by atoms with van der Waals surface area (Å²) in [5.74, 6) is 0.311. The van der Waals surface area contributed by atoms with Crippen molar-refractivity contribution in [3.8, 4) is 0 Å². The van der Waals surface area contributed by atoms with Crippen LogP contribution in [0, 0.1) is 20.8 Å². The van der Waals surface area contributed by atoms with Crippen LogP contribution in [-0.4, -0.2) is 16.1 Å². The van der Waals surface area contributed by atoms with Gasteiger partial charge in [0, 0.05) is 11.4 Å². The molecule has 0 aliphatic heterocycles. The van der Waals surface area contributed by atoms with Gasteiger partial charge in [-0.3, -0.25) is 4.79 Å². The van der Waals surface area contributed by atoms with Gasteiger partial charge in [-0.25, -0.2) is 0 Å². The van der Waals surface area contributed by atoms with Gasteiger partial charge in [-0.2, -0.15) is 0 Å². The largest absolute Gasteiger partial charge is 0.339 e.